The number of rotatable bonds is 1. The maximum absolute atomic E-state index is 12.1. The third-order valence-corrected chi connectivity index (χ3v) is 3.79. The van der Waals surface area contributed by atoms with Crippen LogP contribution in [0.2, 0.25) is 0 Å². The first-order chi connectivity index (χ1) is 7.20. The van der Waals surface area contributed by atoms with E-state index < -0.39 is 0 Å². The van der Waals surface area contributed by atoms with E-state index in [1.54, 1.807) is 4.90 Å². The lowest BCUT2D eigenvalue weighted by atomic mass is 9.91. The number of urea groups is 1. The average molecular weight is 208 g/mol. The summed E-state index contributed by atoms with van der Waals surface area (Å²) in [6.45, 7) is 2.85. The normalized spacial score (nSPS) is 36.1. The van der Waals surface area contributed by atoms with Crippen molar-refractivity contribution in [2.45, 2.75) is 44.7 Å². The molecule has 1 saturated carbocycles. The maximum Gasteiger partial charge on any atom is 0.327 e. The molecule has 0 radical (unpaired) electrons. The van der Waals surface area contributed by atoms with Crippen LogP contribution in [0.4, 0.5) is 4.79 Å². The summed E-state index contributed by atoms with van der Waals surface area (Å²) in [6, 6.07) is 0.0497. The van der Waals surface area contributed by atoms with E-state index in [4.69, 9.17) is 0 Å². The largest absolute Gasteiger partial charge is 0.327 e. The smallest absolute Gasteiger partial charge is 0.312 e. The maximum atomic E-state index is 12.1. The van der Waals surface area contributed by atoms with Gasteiger partial charge in [0.05, 0.1) is 0 Å². The van der Waals surface area contributed by atoms with Crippen molar-refractivity contribution >= 4 is 11.9 Å². The molecule has 0 aromatic carbocycles. The lowest BCUT2D eigenvalue weighted by Gasteiger charge is -2.31. The first-order valence-corrected chi connectivity index (χ1v) is 5.84. The average Bonchev–Trinajstić information content (AvgIpc) is 2.98. The van der Waals surface area contributed by atoms with Gasteiger partial charge in [-0.15, -0.1) is 0 Å². The fraction of sp³-hybridized carbons (Fsp3) is 0.818. The minimum atomic E-state index is -0.146. The summed E-state index contributed by atoms with van der Waals surface area (Å²) in [5.41, 5.74) is 0. The van der Waals surface area contributed by atoms with Crippen LogP contribution in [-0.4, -0.2) is 40.4 Å². The number of amides is 3. The predicted molar refractivity (Wildman–Crippen MR) is 54.2 cm³/mol. The highest BCUT2D eigenvalue weighted by Crippen LogP contribution is 2.37. The molecule has 2 heterocycles. The number of piperidine rings is 1. The Morgan fingerprint density at radius 2 is 1.93 bits per heavy atom. The third-order valence-electron chi connectivity index (χ3n) is 3.79. The Morgan fingerprint density at radius 3 is 2.53 bits per heavy atom. The van der Waals surface area contributed by atoms with E-state index in [0.29, 0.717) is 5.92 Å². The Bertz CT molecular complexity index is 325. The first-order valence-electron chi connectivity index (χ1n) is 5.84. The topological polar surface area (TPSA) is 40.6 Å². The van der Waals surface area contributed by atoms with Gasteiger partial charge in [0.25, 0.3) is 5.91 Å². The highest BCUT2D eigenvalue weighted by molar-refractivity contribution is 6.05. The summed E-state index contributed by atoms with van der Waals surface area (Å²) in [6.07, 6.45) is 4.12. The molecule has 0 bridgehead atoms. The van der Waals surface area contributed by atoms with Gasteiger partial charge in [0.1, 0.15) is 6.04 Å². The molecule has 0 aromatic rings. The summed E-state index contributed by atoms with van der Waals surface area (Å²) in [7, 11) is 0. The summed E-state index contributed by atoms with van der Waals surface area (Å²) in [4.78, 5) is 27.4. The summed E-state index contributed by atoms with van der Waals surface area (Å²) >= 11 is 0. The van der Waals surface area contributed by atoms with Crippen molar-refractivity contribution in [2.24, 2.45) is 5.92 Å². The molecule has 1 aliphatic carbocycles. The molecule has 3 fully saturated rings. The quantitative estimate of drug-likeness (QED) is 0.608. The third kappa shape index (κ3) is 1.20. The fourth-order valence-corrected chi connectivity index (χ4v) is 2.82. The number of hydrogen-bond acceptors (Lipinski definition) is 2. The van der Waals surface area contributed by atoms with Gasteiger partial charge in [-0.05, 0) is 31.6 Å². The minimum absolute atomic E-state index is 0.0287. The number of fused-ring (bicyclic) bond motifs is 1. The molecule has 3 aliphatic rings. The fourth-order valence-electron chi connectivity index (χ4n) is 2.82. The molecule has 2 aliphatic heterocycles. The second-order valence-corrected chi connectivity index (χ2v) is 4.98. The van der Waals surface area contributed by atoms with Crippen LogP contribution in [0.5, 0.6) is 0 Å². The zero-order chi connectivity index (χ0) is 10.6. The molecule has 0 spiro atoms. The minimum Gasteiger partial charge on any atom is -0.312 e. The van der Waals surface area contributed by atoms with Crippen molar-refractivity contribution in [3.63, 3.8) is 0 Å². The molecule has 2 unspecified atom stereocenters. The van der Waals surface area contributed by atoms with E-state index in [9.17, 15) is 9.59 Å². The number of imide groups is 1. The van der Waals surface area contributed by atoms with Crippen LogP contribution in [-0.2, 0) is 4.79 Å². The van der Waals surface area contributed by atoms with Gasteiger partial charge in [0.2, 0.25) is 0 Å². The van der Waals surface area contributed by atoms with Gasteiger partial charge < -0.3 is 4.90 Å². The SMILES string of the molecule is CC1CCCN2C(=O)N(C3CC3)C(=O)C12. The standard InChI is InChI=1S/C11H16N2O2/c1-7-3-2-6-12-9(7)10(14)13(11(12)15)8-4-5-8/h7-9H,2-6H2,1H3. The highest BCUT2D eigenvalue weighted by Gasteiger charge is 2.53. The van der Waals surface area contributed by atoms with Crippen molar-refractivity contribution in [1.29, 1.82) is 0 Å². The Labute approximate surface area is 89.2 Å². The van der Waals surface area contributed by atoms with Crippen molar-refractivity contribution < 1.29 is 9.59 Å². The molecule has 0 N–H and O–H groups in total. The molecule has 2 saturated heterocycles. The number of carbonyl (C=O) groups is 2. The molecule has 15 heavy (non-hydrogen) atoms. The van der Waals surface area contributed by atoms with E-state index in [-0.39, 0.29) is 24.0 Å². The molecule has 2 atom stereocenters. The monoisotopic (exact) mass is 208 g/mol. The number of carbonyl (C=O) groups excluding carboxylic acids is 2. The molecular formula is C11H16N2O2. The van der Waals surface area contributed by atoms with Crippen LogP contribution in [0, 0.1) is 5.92 Å². The van der Waals surface area contributed by atoms with Crippen LogP contribution >= 0.6 is 0 Å². The first kappa shape index (κ1) is 9.19. The summed E-state index contributed by atoms with van der Waals surface area (Å²) < 4.78 is 0. The van der Waals surface area contributed by atoms with Gasteiger partial charge in [-0.1, -0.05) is 6.92 Å². The molecular weight excluding hydrogens is 192 g/mol. The number of hydrogen-bond donors (Lipinski definition) is 0. The predicted octanol–water partition coefficient (Wildman–Crippen LogP) is 1.21. The van der Waals surface area contributed by atoms with Crippen LogP contribution in [0.15, 0.2) is 0 Å². The van der Waals surface area contributed by atoms with Gasteiger partial charge >= 0.3 is 6.03 Å². The van der Waals surface area contributed by atoms with Crippen LogP contribution < -0.4 is 0 Å². The Morgan fingerprint density at radius 1 is 1.20 bits per heavy atom. The van der Waals surface area contributed by atoms with Crippen LogP contribution in [0.3, 0.4) is 0 Å². The Balaban J connectivity index is 1.91. The van der Waals surface area contributed by atoms with E-state index >= 15 is 0 Å². The molecule has 0 aromatic heterocycles. The molecule has 82 valence electrons. The van der Waals surface area contributed by atoms with Gasteiger partial charge in [-0.2, -0.15) is 0 Å². The van der Waals surface area contributed by atoms with Gasteiger partial charge in [-0.25, -0.2) is 4.79 Å². The van der Waals surface area contributed by atoms with E-state index in [1.165, 1.54) is 4.90 Å². The lowest BCUT2D eigenvalue weighted by molar-refractivity contribution is -0.130. The zero-order valence-corrected chi connectivity index (χ0v) is 8.98. The number of nitrogens with zero attached hydrogens (tertiary/aromatic N) is 2. The van der Waals surface area contributed by atoms with E-state index in [0.717, 1.165) is 32.2 Å². The van der Waals surface area contributed by atoms with Gasteiger partial charge in [0.15, 0.2) is 0 Å². The Kier molecular flexibility index (Phi) is 1.82. The molecule has 4 nitrogen and oxygen atoms in total. The molecule has 4 heteroatoms. The van der Waals surface area contributed by atoms with E-state index in [2.05, 4.69) is 6.92 Å². The van der Waals surface area contributed by atoms with Crippen LogP contribution in [0.25, 0.3) is 0 Å². The second kappa shape index (κ2) is 2.97. The Hall–Kier alpha value is -1.06. The molecule has 3 amide bonds. The second-order valence-electron chi connectivity index (χ2n) is 4.98. The van der Waals surface area contributed by atoms with Crippen LogP contribution in [0.1, 0.15) is 32.6 Å². The van der Waals surface area contributed by atoms with Crippen molar-refractivity contribution in [3.05, 3.63) is 0 Å². The lowest BCUT2D eigenvalue weighted by Crippen LogP contribution is -2.44. The molecule has 3 rings (SSSR count). The van der Waals surface area contributed by atoms with Gasteiger partial charge in [-0.3, -0.25) is 9.69 Å². The van der Waals surface area contributed by atoms with Crippen molar-refractivity contribution in [3.8, 4) is 0 Å². The van der Waals surface area contributed by atoms with Gasteiger partial charge in [0, 0.05) is 12.6 Å². The zero-order valence-electron chi connectivity index (χ0n) is 8.98. The van der Waals surface area contributed by atoms with Crippen molar-refractivity contribution in [2.75, 3.05) is 6.54 Å². The van der Waals surface area contributed by atoms with Crippen molar-refractivity contribution in [1.82, 2.24) is 9.80 Å². The van der Waals surface area contributed by atoms with E-state index in [1.807, 2.05) is 0 Å². The summed E-state index contributed by atoms with van der Waals surface area (Å²) in [5, 5.41) is 0. The summed E-state index contributed by atoms with van der Waals surface area (Å²) in [5.74, 6) is 0.397. The highest BCUT2D eigenvalue weighted by atomic mass is 16.2.